The smallest absolute Gasteiger partial charge is 0.261 e. The van der Waals surface area contributed by atoms with Crippen LogP contribution in [0.4, 0.5) is 0 Å². The second kappa shape index (κ2) is 7.56. The summed E-state index contributed by atoms with van der Waals surface area (Å²) in [5.41, 5.74) is 3.67. The largest absolute Gasteiger partial charge is 0.337 e. The van der Waals surface area contributed by atoms with Crippen LogP contribution in [0, 0.1) is 6.92 Å². The Morgan fingerprint density at radius 1 is 1.00 bits per heavy atom. The number of benzene rings is 1. The summed E-state index contributed by atoms with van der Waals surface area (Å²) < 4.78 is 2.00. The molecule has 0 spiro atoms. The Bertz CT molecular complexity index is 1030. The normalized spacial score (nSPS) is 13.3. The van der Waals surface area contributed by atoms with Crippen LogP contribution in [0.3, 0.4) is 0 Å². The van der Waals surface area contributed by atoms with E-state index in [2.05, 4.69) is 9.97 Å². The van der Waals surface area contributed by atoms with E-state index < -0.39 is 0 Å². The number of rotatable bonds is 6. The van der Waals surface area contributed by atoms with Crippen molar-refractivity contribution >= 4 is 23.4 Å². The van der Waals surface area contributed by atoms with Crippen LogP contribution in [0.25, 0.3) is 11.3 Å². The molecule has 0 saturated heterocycles. The second-order valence-corrected chi connectivity index (χ2v) is 7.20. The number of fused-ring (bicyclic) bond motifs is 1. The van der Waals surface area contributed by atoms with Crippen LogP contribution in [-0.2, 0) is 6.54 Å². The maximum Gasteiger partial charge on any atom is 0.261 e. The lowest BCUT2D eigenvalue weighted by Gasteiger charge is -2.13. The first-order valence-corrected chi connectivity index (χ1v) is 9.52. The summed E-state index contributed by atoms with van der Waals surface area (Å²) in [5, 5.41) is 0.497. The first-order chi connectivity index (χ1) is 13.5. The topological polar surface area (TPSA) is 68.1 Å². The molecule has 0 fully saturated rings. The van der Waals surface area contributed by atoms with Crippen molar-refractivity contribution in [2.45, 2.75) is 26.3 Å². The lowest BCUT2D eigenvalue weighted by atomic mass is 10.1. The van der Waals surface area contributed by atoms with E-state index in [4.69, 9.17) is 11.6 Å². The Balaban J connectivity index is 1.32. The standard InChI is InChI=1S/C21H19ClN4O2/c1-14-10-15(11-23-19(14)22)18-12-25(13-24-18)8-4-5-9-26-20(27)16-6-2-3-7-17(16)21(26)28/h2-3,6-7,10-13H,4-5,8-9H2,1H3. The van der Waals surface area contributed by atoms with E-state index in [0.29, 0.717) is 22.8 Å². The lowest BCUT2D eigenvalue weighted by molar-refractivity contribution is 0.0651. The monoisotopic (exact) mass is 394 g/mol. The number of nitrogens with zero attached hydrogens (tertiary/aromatic N) is 4. The molecule has 0 aliphatic carbocycles. The number of pyridine rings is 1. The van der Waals surface area contributed by atoms with E-state index in [1.807, 2.05) is 23.8 Å². The van der Waals surface area contributed by atoms with Crippen molar-refractivity contribution in [2.24, 2.45) is 0 Å². The summed E-state index contributed by atoms with van der Waals surface area (Å²) in [6, 6.07) is 8.93. The fourth-order valence-electron chi connectivity index (χ4n) is 3.34. The highest BCUT2D eigenvalue weighted by atomic mass is 35.5. The number of hydrogen-bond donors (Lipinski definition) is 0. The molecule has 6 nitrogen and oxygen atoms in total. The fourth-order valence-corrected chi connectivity index (χ4v) is 3.44. The molecule has 0 bridgehead atoms. The summed E-state index contributed by atoms with van der Waals surface area (Å²) in [4.78, 5) is 34.6. The molecule has 0 N–H and O–H groups in total. The lowest BCUT2D eigenvalue weighted by Crippen LogP contribution is -2.30. The Hall–Kier alpha value is -2.99. The molecule has 1 aliphatic rings. The number of unbranched alkanes of at least 4 members (excludes halogenated alkanes) is 1. The van der Waals surface area contributed by atoms with Crippen LogP contribution in [-0.4, -0.2) is 37.8 Å². The Morgan fingerprint density at radius 3 is 2.36 bits per heavy atom. The summed E-state index contributed by atoms with van der Waals surface area (Å²) in [6.07, 6.45) is 7.03. The van der Waals surface area contributed by atoms with Crippen molar-refractivity contribution in [3.8, 4) is 11.3 Å². The molecular weight excluding hydrogens is 376 g/mol. The minimum absolute atomic E-state index is 0.198. The minimum atomic E-state index is -0.198. The number of imide groups is 1. The van der Waals surface area contributed by atoms with Crippen LogP contribution >= 0.6 is 11.6 Å². The van der Waals surface area contributed by atoms with E-state index in [-0.39, 0.29) is 11.8 Å². The van der Waals surface area contributed by atoms with Crippen molar-refractivity contribution in [1.29, 1.82) is 0 Å². The van der Waals surface area contributed by atoms with Gasteiger partial charge in [0.1, 0.15) is 5.15 Å². The van der Waals surface area contributed by atoms with Gasteiger partial charge in [-0.2, -0.15) is 0 Å². The average molecular weight is 395 g/mol. The van der Waals surface area contributed by atoms with Crippen molar-refractivity contribution in [1.82, 2.24) is 19.4 Å². The Morgan fingerprint density at radius 2 is 1.68 bits per heavy atom. The van der Waals surface area contributed by atoms with Crippen LogP contribution in [0.2, 0.25) is 5.15 Å². The van der Waals surface area contributed by atoms with Crippen molar-refractivity contribution < 1.29 is 9.59 Å². The van der Waals surface area contributed by atoms with E-state index in [0.717, 1.165) is 36.2 Å². The molecule has 0 atom stereocenters. The first-order valence-electron chi connectivity index (χ1n) is 9.14. The molecule has 142 valence electrons. The van der Waals surface area contributed by atoms with Gasteiger partial charge in [0, 0.05) is 31.0 Å². The van der Waals surface area contributed by atoms with Gasteiger partial charge >= 0.3 is 0 Å². The van der Waals surface area contributed by atoms with Crippen LogP contribution in [0.15, 0.2) is 49.1 Å². The van der Waals surface area contributed by atoms with E-state index in [1.165, 1.54) is 4.90 Å². The minimum Gasteiger partial charge on any atom is -0.337 e. The highest BCUT2D eigenvalue weighted by Crippen LogP contribution is 2.23. The third-order valence-electron chi connectivity index (χ3n) is 4.87. The van der Waals surface area contributed by atoms with Gasteiger partial charge in [-0.1, -0.05) is 23.7 Å². The van der Waals surface area contributed by atoms with Crippen LogP contribution in [0.5, 0.6) is 0 Å². The average Bonchev–Trinajstić information content (AvgIpc) is 3.26. The third-order valence-corrected chi connectivity index (χ3v) is 5.27. The molecule has 2 amide bonds. The molecular formula is C21H19ClN4O2. The molecule has 28 heavy (non-hydrogen) atoms. The zero-order chi connectivity index (χ0) is 19.7. The zero-order valence-electron chi connectivity index (χ0n) is 15.4. The van der Waals surface area contributed by atoms with Gasteiger partial charge in [0.05, 0.1) is 23.1 Å². The van der Waals surface area contributed by atoms with Crippen molar-refractivity contribution in [2.75, 3.05) is 6.54 Å². The van der Waals surface area contributed by atoms with Gasteiger partial charge in [-0.25, -0.2) is 9.97 Å². The van der Waals surface area contributed by atoms with Gasteiger partial charge in [-0.05, 0) is 43.5 Å². The SMILES string of the molecule is Cc1cc(-c2cn(CCCCN3C(=O)c4ccccc4C3=O)cn2)cnc1Cl. The number of imidazole rings is 1. The maximum atomic E-state index is 12.4. The molecule has 3 aromatic rings. The molecule has 0 radical (unpaired) electrons. The van der Waals surface area contributed by atoms with Gasteiger partial charge in [-0.3, -0.25) is 14.5 Å². The predicted octanol–water partition coefficient (Wildman–Crippen LogP) is 3.98. The summed E-state index contributed by atoms with van der Waals surface area (Å²) in [5.74, 6) is -0.396. The van der Waals surface area contributed by atoms with E-state index >= 15 is 0 Å². The molecule has 1 aliphatic heterocycles. The number of aromatic nitrogens is 3. The number of halogens is 1. The molecule has 2 aromatic heterocycles. The first kappa shape index (κ1) is 18.4. The van der Waals surface area contributed by atoms with Crippen molar-refractivity contribution in [3.63, 3.8) is 0 Å². The number of amides is 2. The molecule has 4 rings (SSSR count). The summed E-state index contributed by atoms with van der Waals surface area (Å²) >= 11 is 5.97. The molecule has 0 saturated carbocycles. The van der Waals surface area contributed by atoms with E-state index in [9.17, 15) is 9.59 Å². The zero-order valence-corrected chi connectivity index (χ0v) is 16.2. The Labute approximate surface area is 167 Å². The second-order valence-electron chi connectivity index (χ2n) is 6.84. The highest BCUT2D eigenvalue weighted by Gasteiger charge is 2.34. The third kappa shape index (κ3) is 3.43. The molecule has 0 unspecified atom stereocenters. The Kier molecular flexibility index (Phi) is 4.96. The number of carbonyl (C=O) groups excluding carboxylic acids is 2. The molecule has 1 aromatic carbocycles. The maximum absolute atomic E-state index is 12.4. The molecule has 3 heterocycles. The predicted molar refractivity (Wildman–Crippen MR) is 106 cm³/mol. The number of aryl methyl sites for hydroxylation is 2. The van der Waals surface area contributed by atoms with Gasteiger partial charge < -0.3 is 4.57 Å². The van der Waals surface area contributed by atoms with Gasteiger partial charge in [0.15, 0.2) is 0 Å². The summed E-state index contributed by atoms with van der Waals surface area (Å²) in [7, 11) is 0. The van der Waals surface area contributed by atoms with Gasteiger partial charge in [-0.15, -0.1) is 0 Å². The molecule has 7 heteroatoms. The van der Waals surface area contributed by atoms with Crippen molar-refractivity contribution in [3.05, 3.63) is 70.9 Å². The number of hydrogen-bond acceptors (Lipinski definition) is 4. The van der Waals surface area contributed by atoms with Crippen LogP contribution in [0.1, 0.15) is 39.1 Å². The summed E-state index contributed by atoms with van der Waals surface area (Å²) in [6.45, 7) is 3.10. The van der Waals surface area contributed by atoms with Gasteiger partial charge in [0.25, 0.3) is 11.8 Å². The highest BCUT2D eigenvalue weighted by molar-refractivity contribution is 6.30. The quantitative estimate of drug-likeness (QED) is 0.360. The van der Waals surface area contributed by atoms with Crippen LogP contribution < -0.4 is 0 Å². The van der Waals surface area contributed by atoms with E-state index in [1.54, 1.807) is 36.8 Å². The van der Waals surface area contributed by atoms with Gasteiger partial charge in [0.2, 0.25) is 0 Å². The fraction of sp³-hybridized carbons (Fsp3) is 0.238. The number of carbonyl (C=O) groups is 2.